The minimum absolute atomic E-state index is 0.134. The van der Waals surface area contributed by atoms with Crippen LogP contribution < -0.4 is 0 Å². The van der Waals surface area contributed by atoms with E-state index in [2.05, 4.69) is 6.92 Å². The molecule has 2 nitrogen and oxygen atoms in total. The molecule has 0 spiro atoms. The first-order chi connectivity index (χ1) is 10.2. The van der Waals surface area contributed by atoms with E-state index in [1.165, 1.54) is 76.7 Å². The Labute approximate surface area is 135 Å². The topological polar surface area (TPSA) is 37.3 Å². The van der Waals surface area contributed by atoms with Gasteiger partial charge in [-0.3, -0.25) is 0 Å². The molecule has 0 bridgehead atoms. The van der Waals surface area contributed by atoms with Gasteiger partial charge in [-0.05, 0) is 18.9 Å². The maximum atomic E-state index is 10.4. The summed E-state index contributed by atoms with van der Waals surface area (Å²) < 4.78 is 0. The molecular weight excluding hydrogens is 284 g/mol. The molecule has 0 saturated carbocycles. The lowest BCUT2D eigenvalue weighted by molar-refractivity contribution is -0.131. The third-order valence-electron chi connectivity index (χ3n) is 3.56. The largest absolute Gasteiger partial charge is 0.477 e. The molecule has 0 aromatic carbocycles. The summed E-state index contributed by atoms with van der Waals surface area (Å²) in [5.41, 5.74) is 0. The number of rotatable bonds is 14. The highest BCUT2D eigenvalue weighted by molar-refractivity contribution is 6.41. The Balaban J connectivity index is 3.24. The highest BCUT2D eigenvalue weighted by Gasteiger charge is 1.98. The van der Waals surface area contributed by atoms with Crippen LogP contribution in [-0.2, 0) is 4.79 Å². The second-order valence-corrected chi connectivity index (χ2v) is 5.98. The van der Waals surface area contributed by atoms with Crippen molar-refractivity contribution in [3.05, 3.63) is 23.3 Å². The molecule has 0 unspecified atom stereocenters. The van der Waals surface area contributed by atoms with E-state index < -0.39 is 5.97 Å². The molecule has 0 heterocycles. The Morgan fingerprint density at radius 1 is 0.905 bits per heavy atom. The first-order valence-electron chi connectivity index (χ1n) is 8.44. The van der Waals surface area contributed by atoms with Crippen molar-refractivity contribution in [2.75, 3.05) is 0 Å². The summed E-state index contributed by atoms with van der Waals surface area (Å²) >= 11 is 5.48. The zero-order valence-corrected chi connectivity index (χ0v) is 14.2. The lowest BCUT2D eigenvalue weighted by atomic mass is 10.1. The van der Waals surface area contributed by atoms with Crippen molar-refractivity contribution in [3.63, 3.8) is 0 Å². The van der Waals surface area contributed by atoms with E-state index in [1.54, 1.807) is 6.08 Å². The zero-order chi connectivity index (χ0) is 15.8. The van der Waals surface area contributed by atoms with E-state index in [9.17, 15) is 4.79 Å². The second-order valence-electron chi connectivity index (χ2n) is 5.57. The number of carboxylic acid groups (broad SMARTS) is 1. The van der Waals surface area contributed by atoms with Gasteiger partial charge in [0, 0.05) is 0 Å². The Morgan fingerprint density at radius 2 is 1.38 bits per heavy atom. The minimum atomic E-state index is -1.07. The van der Waals surface area contributed by atoms with Gasteiger partial charge in [0.2, 0.25) is 0 Å². The van der Waals surface area contributed by atoms with Crippen LogP contribution in [0, 0.1) is 0 Å². The summed E-state index contributed by atoms with van der Waals surface area (Å²) in [5.74, 6) is -1.07. The number of halogens is 1. The van der Waals surface area contributed by atoms with E-state index >= 15 is 0 Å². The SMILES string of the molecule is CCCCCCCCCCCCCC=CC=C(Cl)C(=O)O. The van der Waals surface area contributed by atoms with Crippen LogP contribution in [0.2, 0.25) is 0 Å². The van der Waals surface area contributed by atoms with Crippen LogP contribution >= 0.6 is 11.6 Å². The van der Waals surface area contributed by atoms with Crippen LogP contribution in [0.4, 0.5) is 0 Å². The maximum absolute atomic E-state index is 10.4. The molecule has 0 saturated heterocycles. The molecule has 21 heavy (non-hydrogen) atoms. The molecule has 0 rings (SSSR count). The van der Waals surface area contributed by atoms with E-state index in [0.717, 1.165) is 6.42 Å². The highest BCUT2D eigenvalue weighted by Crippen LogP contribution is 2.12. The fraction of sp³-hybridized carbons (Fsp3) is 0.722. The molecule has 0 radical (unpaired) electrons. The molecule has 0 atom stereocenters. The molecular formula is C18H31ClO2. The van der Waals surface area contributed by atoms with Gasteiger partial charge in [0.25, 0.3) is 0 Å². The lowest BCUT2D eigenvalue weighted by Crippen LogP contribution is -1.92. The molecule has 0 fully saturated rings. The summed E-state index contributed by atoms with van der Waals surface area (Å²) in [4.78, 5) is 10.4. The number of carboxylic acids is 1. The van der Waals surface area contributed by atoms with Crippen molar-refractivity contribution in [2.24, 2.45) is 0 Å². The van der Waals surface area contributed by atoms with Crippen molar-refractivity contribution in [1.82, 2.24) is 0 Å². The standard InChI is InChI=1S/C18H31ClO2/c1-2-3-4-5-6-7-8-9-10-11-12-13-14-15-16-17(19)18(20)21/h14-16H,2-13H2,1H3,(H,20,21). The molecule has 0 amide bonds. The van der Waals surface area contributed by atoms with Crippen LogP contribution in [0.15, 0.2) is 23.3 Å². The second kappa shape index (κ2) is 15.6. The molecule has 0 aliphatic heterocycles. The predicted molar refractivity (Wildman–Crippen MR) is 91.8 cm³/mol. The number of allylic oxidation sites excluding steroid dienone is 3. The first kappa shape index (κ1) is 20.2. The van der Waals surface area contributed by atoms with Crippen molar-refractivity contribution >= 4 is 17.6 Å². The minimum Gasteiger partial charge on any atom is -0.477 e. The molecule has 0 aromatic heterocycles. The number of carbonyl (C=O) groups is 1. The van der Waals surface area contributed by atoms with E-state index in [0.29, 0.717) is 0 Å². The maximum Gasteiger partial charge on any atom is 0.347 e. The van der Waals surface area contributed by atoms with E-state index in [-0.39, 0.29) is 5.03 Å². The van der Waals surface area contributed by atoms with E-state index in [1.807, 2.05) is 6.08 Å². The fourth-order valence-electron chi connectivity index (χ4n) is 2.25. The van der Waals surface area contributed by atoms with Crippen LogP contribution in [0.5, 0.6) is 0 Å². The van der Waals surface area contributed by atoms with Gasteiger partial charge in [-0.25, -0.2) is 4.79 Å². The third kappa shape index (κ3) is 15.4. The molecule has 0 aliphatic rings. The Kier molecular flexibility index (Phi) is 15.1. The molecule has 3 heteroatoms. The van der Waals surface area contributed by atoms with Gasteiger partial charge in [-0.1, -0.05) is 94.9 Å². The summed E-state index contributed by atoms with van der Waals surface area (Å²) in [6.45, 7) is 2.26. The normalized spacial score (nSPS) is 12.2. The average molecular weight is 315 g/mol. The number of hydrogen-bond donors (Lipinski definition) is 1. The molecule has 0 aromatic rings. The van der Waals surface area contributed by atoms with Gasteiger partial charge in [0.15, 0.2) is 0 Å². The van der Waals surface area contributed by atoms with Gasteiger partial charge in [-0.2, -0.15) is 0 Å². The van der Waals surface area contributed by atoms with Crippen molar-refractivity contribution in [3.8, 4) is 0 Å². The van der Waals surface area contributed by atoms with Crippen LogP contribution in [-0.4, -0.2) is 11.1 Å². The van der Waals surface area contributed by atoms with Crippen LogP contribution in [0.1, 0.15) is 84.0 Å². The smallest absolute Gasteiger partial charge is 0.347 e. The highest BCUT2D eigenvalue weighted by atomic mass is 35.5. The molecule has 0 aliphatic carbocycles. The fourth-order valence-corrected chi connectivity index (χ4v) is 2.32. The Bertz CT molecular complexity index is 308. The molecule has 122 valence electrons. The van der Waals surface area contributed by atoms with Crippen molar-refractivity contribution in [1.29, 1.82) is 0 Å². The quantitative estimate of drug-likeness (QED) is 0.227. The van der Waals surface area contributed by atoms with Gasteiger partial charge in [-0.15, -0.1) is 0 Å². The van der Waals surface area contributed by atoms with Crippen LogP contribution in [0.3, 0.4) is 0 Å². The van der Waals surface area contributed by atoms with Gasteiger partial charge in [0.1, 0.15) is 5.03 Å². The van der Waals surface area contributed by atoms with Crippen LogP contribution in [0.25, 0.3) is 0 Å². The monoisotopic (exact) mass is 314 g/mol. The van der Waals surface area contributed by atoms with Crippen molar-refractivity contribution in [2.45, 2.75) is 84.0 Å². The van der Waals surface area contributed by atoms with Gasteiger partial charge >= 0.3 is 5.97 Å². The summed E-state index contributed by atoms with van der Waals surface area (Å²) in [6, 6.07) is 0. The van der Waals surface area contributed by atoms with Gasteiger partial charge in [0.05, 0.1) is 0 Å². The number of unbranched alkanes of at least 4 members (excludes halogenated alkanes) is 11. The average Bonchev–Trinajstić information content (AvgIpc) is 2.47. The lowest BCUT2D eigenvalue weighted by Gasteiger charge is -2.01. The first-order valence-corrected chi connectivity index (χ1v) is 8.82. The summed E-state index contributed by atoms with van der Waals surface area (Å²) in [7, 11) is 0. The predicted octanol–water partition coefficient (Wildman–Crippen LogP) is 6.45. The number of hydrogen-bond acceptors (Lipinski definition) is 1. The summed E-state index contributed by atoms with van der Waals surface area (Å²) in [5, 5.41) is 8.42. The van der Waals surface area contributed by atoms with Crippen molar-refractivity contribution < 1.29 is 9.90 Å². The third-order valence-corrected chi connectivity index (χ3v) is 3.84. The molecule has 1 N–H and O–H groups in total. The zero-order valence-electron chi connectivity index (χ0n) is 13.5. The summed E-state index contributed by atoms with van der Waals surface area (Å²) in [6.07, 6.45) is 20.9. The van der Waals surface area contributed by atoms with E-state index in [4.69, 9.17) is 16.7 Å². The Hall–Kier alpha value is -0.760. The Morgan fingerprint density at radius 3 is 1.86 bits per heavy atom. The number of aliphatic carboxylic acids is 1. The van der Waals surface area contributed by atoms with Gasteiger partial charge < -0.3 is 5.11 Å².